The van der Waals surface area contributed by atoms with Crippen LogP contribution in [-0.2, 0) is 0 Å². The maximum absolute atomic E-state index is 11.3. The van der Waals surface area contributed by atoms with Crippen molar-refractivity contribution in [1.82, 2.24) is 20.4 Å². The van der Waals surface area contributed by atoms with E-state index in [0.717, 1.165) is 45.8 Å². The second-order valence-electron chi connectivity index (χ2n) is 4.56. The van der Waals surface area contributed by atoms with Crippen molar-refractivity contribution >= 4 is 6.03 Å². The molecule has 1 unspecified atom stereocenters. The van der Waals surface area contributed by atoms with Crippen LogP contribution < -0.4 is 10.6 Å². The third-order valence-electron chi connectivity index (χ3n) is 3.25. The van der Waals surface area contributed by atoms with Crippen LogP contribution in [0.15, 0.2) is 0 Å². The van der Waals surface area contributed by atoms with E-state index in [1.807, 2.05) is 4.90 Å². The molecule has 1 fully saturated rings. The minimum absolute atomic E-state index is 0.0724. The molecule has 1 saturated heterocycles. The molecule has 17 heavy (non-hydrogen) atoms. The first kappa shape index (κ1) is 14.3. The van der Waals surface area contributed by atoms with Gasteiger partial charge in [0.25, 0.3) is 0 Å². The average Bonchev–Trinajstić information content (AvgIpc) is 2.72. The molecule has 0 aromatic carbocycles. The molecule has 0 bridgehead atoms. The first-order valence-corrected chi connectivity index (χ1v) is 6.65. The highest BCUT2D eigenvalue weighted by Gasteiger charge is 2.18. The van der Waals surface area contributed by atoms with E-state index in [-0.39, 0.29) is 6.03 Å². The van der Waals surface area contributed by atoms with E-state index in [1.165, 1.54) is 0 Å². The van der Waals surface area contributed by atoms with E-state index < -0.39 is 0 Å². The monoisotopic (exact) mass is 242 g/mol. The van der Waals surface area contributed by atoms with Gasteiger partial charge >= 0.3 is 6.03 Å². The van der Waals surface area contributed by atoms with Gasteiger partial charge in [-0.3, -0.25) is 0 Å². The van der Waals surface area contributed by atoms with Crippen LogP contribution in [0.1, 0.15) is 20.8 Å². The summed E-state index contributed by atoms with van der Waals surface area (Å²) in [7, 11) is 0. The van der Waals surface area contributed by atoms with Gasteiger partial charge in [0.15, 0.2) is 0 Å². The highest BCUT2D eigenvalue weighted by atomic mass is 16.2. The van der Waals surface area contributed by atoms with E-state index in [2.05, 4.69) is 36.3 Å². The van der Waals surface area contributed by atoms with Crippen molar-refractivity contribution in [3.05, 3.63) is 0 Å². The lowest BCUT2D eigenvalue weighted by Gasteiger charge is -2.24. The van der Waals surface area contributed by atoms with Gasteiger partial charge < -0.3 is 20.4 Å². The molecule has 1 rings (SSSR count). The van der Waals surface area contributed by atoms with Gasteiger partial charge in [-0.1, -0.05) is 13.8 Å². The number of rotatable bonds is 8. The number of urea groups is 1. The molecule has 0 spiro atoms. The molecule has 0 aromatic heterocycles. The van der Waals surface area contributed by atoms with Crippen molar-refractivity contribution in [3.8, 4) is 0 Å². The summed E-state index contributed by atoms with van der Waals surface area (Å²) in [5.41, 5.74) is 0. The highest BCUT2D eigenvalue weighted by molar-refractivity contribution is 5.76. The maximum atomic E-state index is 11.3. The molecule has 2 amide bonds. The van der Waals surface area contributed by atoms with Gasteiger partial charge in [-0.05, 0) is 20.0 Å². The Kier molecular flexibility index (Phi) is 6.29. The zero-order valence-electron chi connectivity index (χ0n) is 11.3. The molecule has 0 saturated carbocycles. The molecule has 1 atom stereocenters. The van der Waals surface area contributed by atoms with Crippen LogP contribution >= 0.6 is 0 Å². The lowest BCUT2D eigenvalue weighted by atomic mass is 10.3. The summed E-state index contributed by atoms with van der Waals surface area (Å²) >= 11 is 0. The first-order chi connectivity index (χ1) is 8.17. The number of carbonyl (C=O) groups excluding carboxylic acids is 1. The van der Waals surface area contributed by atoms with Crippen LogP contribution in [0.2, 0.25) is 0 Å². The molecule has 1 heterocycles. The fourth-order valence-electron chi connectivity index (χ4n) is 2.10. The summed E-state index contributed by atoms with van der Waals surface area (Å²) in [6.45, 7) is 13.1. The molecule has 0 radical (unpaired) electrons. The van der Waals surface area contributed by atoms with Crippen LogP contribution in [0.5, 0.6) is 0 Å². The molecule has 5 heteroatoms. The zero-order valence-corrected chi connectivity index (χ0v) is 11.3. The Morgan fingerprint density at radius 2 is 2.18 bits per heavy atom. The van der Waals surface area contributed by atoms with E-state index in [4.69, 9.17) is 0 Å². The topological polar surface area (TPSA) is 47.6 Å². The van der Waals surface area contributed by atoms with E-state index >= 15 is 0 Å². The summed E-state index contributed by atoms with van der Waals surface area (Å²) in [5, 5.41) is 6.28. The van der Waals surface area contributed by atoms with E-state index in [0.29, 0.717) is 6.04 Å². The first-order valence-electron chi connectivity index (χ1n) is 6.65. The predicted octanol–water partition coefficient (Wildman–Crippen LogP) is 0.332. The van der Waals surface area contributed by atoms with Crippen molar-refractivity contribution in [2.75, 3.05) is 45.8 Å². The molecule has 0 aliphatic carbocycles. The number of likely N-dealkylation sites (N-methyl/N-ethyl adjacent to an activating group) is 1. The van der Waals surface area contributed by atoms with Gasteiger partial charge in [0.05, 0.1) is 0 Å². The number of carbonyl (C=O) groups is 1. The fraction of sp³-hybridized carbons (Fsp3) is 0.917. The number of amides is 2. The summed E-state index contributed by atoms with van der Waals surface area (Å²) < 4.78 is 0. The molecule has 2 N–H and O–H groups in total. The second-order valence-corrected chi connectivity index (χ2v) is 4.56. The van der Waals surface area contributed by atoms with Crippen molar-refractivity contribution < 1.29 is 4.79 Å². The normalized spacial score (nSPS) is 17.6. The van der Waals surface area contributed by atoms with Crippen LogP contribution in [0.4, 0.5) is 4.79 Å². The molecular formula is C12H26N4O. The predicted molar refractivity (Wildman–Crippen MR) is 70.2 cm³/mol. The largest absolute Gasteiger partial charge is 0.336 e. The Hall–Kier alpha value is -0.810. The van der Waals surface area contributed by atoms with E-state index in [1.54, 1.807) is 0 Å². The number of hydrogen-bond acceptors (Lipinski definition) is 3. The van der Waals surface area contributed by atoms with Gasteiger partial charge in [0.1, 0.15) is 0 Å². The summed E-state index contributed by atoms with van der Waals surface area (Å²) in [5.74, 6) is 0. The van der Waals surface area contributed by atoms with Gasteiger partial charge in [0, 0.05) is 38.8 Å². The van der Waals surface area contributed by atoms with Crippen molar-refractivity contribution in [1.29, 1.82) is 0 Å². The quantitative estimate of drug-likeness (QED) is 0.645. The van der Waals surface area contributed by atoms with Gasteiger partial charge in [-0.15, -0.1) is 0 Å². The Balaban J connectivity index is 2.11. The molecular weight excluding hydrogens is 216 g/mol. The Bertz CT molecular complexity index is 231. The minimum Gasteiger partial charge on any atom is -0.336 e. The number of nitrogens with zero attached hydrogens (tertiary/aromatic N) is 2. The van der Waals surface area contributed by atoms with Crippen LogP contribution in [0.3, 0.4) is 0 Å². The standard InChI is InChI=1S/C12H26N4O/c1-4-15(5-2)10-11(3)13-6-8-16-9-7-14-12(16)17/h11,13H,4-10H2,1-3H3,(H,14,17). The third kappa shape index (κ3) is 4.91. The number of nitrogens with one attached hydrogen (secondary N) is 2. The van der Waals surface area contributed by atoms with Crippen molar-refractivity contribution in [3.63, 3.8) is 0 Å². The lowest BCUT2D eigenvalue weighted by Crippen LogP contribution is -2.42. The van der Waals surface area contributed by atoms with Crippen LogP contribution in [-0.4, -0.2) is 67.7 Å². The minimum atomic E-state index is 0.0724. The Morgan fingerprint density at radius 3 is 2.71 bits per heavy atom. The average molecular weight is 242 g/mol. The third-order valence-corrected chi connectivity index (χ3v) is 3.25. The lowest BCUT2D eigenvalue weighted by molar-refractivity contribution is 0.215. The smallest absolute Gasteiger partial charge is 0.317 e. The summed E-state index contributed by atoms with van der Waals surface area (Å²) in [4.78, 5) is 15.6. The van der Waals surface area contributed by atoms with Crippen LogP contribution in [0.25, 0.3) is 0 Å². The maximum Gasteiger partial charge on any atom is 0.317 e. The van der Waals surface area contributed by atoms with Gasteiger partial charge in [0.2, 0.25) is 0 Å². The summed E-state index contributed by atoms with van der Waals surface area (Å²) in [6, 6.07) is 0.545. The second kappa shape index (κ2) is 7.50. The summed E-state index contributed by atoms with van der Waals surface area (Å²) in [6.07, 6.45) is 0. The fourth-order valence-corrected chi connectivity index (χ4v) is 2.10. The van der Waals surface area contributed by atoms with Crippen molar-refractivity contribution in [2.45, 2.75) is 26.8 Å². The Morgan fingerprint density at radius 1 is 1.47 bits per heavy atom. The van der Waals surface area contributed by atoms with Gasteiger partial charge in [-0.25, -0.2) is 4.79 Å². The molecule has 5 nitrogen and oxygen atoms in total. The zero-order chi connectivity index (χ0) is 12.7. The highest BCUT2D eigenvalue weighted by Crippen LogP contribution is 1.96. The molecule has 0 aromatic rings. The number of hydrogen-bond donors (Lipinski definition) is 2. The molecule has 1 aliphatic heterocycles. The SMILES string of the molecule is CCN(CC)CC(C)NCCN1CCNC1=O. The van der Waals surface area contributed by atoms with Crippen molar-refractivity contribution in [2.24, 2.45) is 0 Å². The van der Waals surface area contributed by atoms with Crippen LogP contribution in [0, 0.1) is 0 Å². The van der Waals surface area contributed by atoms with E-state index in [9.17, 15) is 4.79 Å². The van der Waals surface area contributed by atoms with Gasteiger partial charge in [-0.2, -0.15) is 0 Å². The Labute approximate surface area is 105 Å². The molecule has 100 valence electrons. The molecule has 1 aliphatic rings.